The van der Waals surface area contributed by atoms with Crippen molar-refractivity contribution in [1.82, 2.24) is 20.4 Å². The zero-order valence-electron chi connectivity index (χ0n) is 8.52. The average molecular weight is 198 g/mol. The van der Waals surface area contributed by atoms with Gasteiger partial charge in [-0.2, -0.15) is 4.98 Å². The summed E-state index contributed by atoms with van der Waals surface area (Å²) in [5, 5.41) is 6.61. The number of hydrogen-bond acceptors (Lipinski definition) is 5. The van der Waals surface area contributed by atoms with Crippen LogP contribution in [0.3, 0.4) is 0 Å². The highest BCUT2D eigenvalue weighted by molar-refractivity contribution is 5.80. The number of nitrogens with one attached hydrogen (secondary N) is 1. The molecule has 1 aromatic heterocycles. The quantitative estimate of drug-likeness (QED) is 0.715. The summed E-state index contributed by atoms with van der Waals surface area (Å²) in [6, 6.07) is -0.247. The standard InChI is InChI=1S/C8H14N4O2/c1-6(8(13)12(2)3)9-4-7-10-5-14-11-7/h5-6,9H,4H2,1-3H3. The van der Waals surface area contributed by atoms with Gasteiger partial charge in [0.05, 0.1) is 12.6 Å². The van der Waals surface area contributed by atoms with Gasteiger partial charge in [-0.15, -0.1) is 0 Å². The molecule has 0 fully saturated rings. The number of carbonyl (C=O) groups is 1. The largest absolute Gasteiger partial charge is 0.347 e. The molecule has 1 N–H and O–H groups in total. The summed E-state index contributed by atoms with van der Waals surface area (Å²) >= 11 is 0. The molecule has 0 radical (unpaired) electrons. The van der Waals surface area contributed by atoms with Crippen molar-refractivity contribution in [2.24, 2.45) is 0 Å². The van der Waals surface area contributed by atoms with E-state index in [9.17, 15) is 4.79 Å². The molecule has 0 aliphatic carbocycles. The van der Waals surface area contributed by atoms with E-state index in [2.05, 4.69) is 20.0 Å². The minimum absolute atomic E-state index is 0.0218. The van der Waals surface area contributed by atoms with Crippen molar-refractivity contribution in [2.75, 3.05) is 14.1 Å². The lowest BCUT2D eigenvalue weighted by molar-refractivity contribution is -0.130. The maximum absolute atomic E-state index is 11.4. The summed E-state index contributed by atoms with van der Waals surface area (Å²) in [6.07, 6.45) is 1.26. The van der Waals surface area contributed by atoms with E-state index in [0.717, 1.165) is 0 Å². The highest BCUT2D eigenvalue weighted by atomic mass is 16.5. The van der Waals surface area contributed by atoms with Crippen LogP contribution in [-0.2, 0) is 11.3 Å². The lowest BCUT2D eigenvalue weighted by atomic mass is 10.3. The second-order valence-corrected chi connectivity index (χ2v) is 3.18. The third kappa shape index (κ3) is 2.81. The fraction of sp³-hybridized carbons (Fsp3) is 0.625. The highest BCUT2D eigenvalue weighted by Crippen LogP contribution is 1.92. The van der Waals surface area contributed by atoms with Crippen molar-refractivity contribution in [3.8, 4) is 0 Å². The summed E-state index contributed by atoms with van der Waals surface area (Å²) < 4.78 is 4.56. The van der Waals surface area contributed by atoms with E-state index in [1.54, 1.807) is 21.0 Å². The molecular weight excluding hydrogens is 184 g/mol. The van der Waals surface area contributed by atoms with Crippen molar-refractivity contribution in [3.63, 3.8) is 0 Å². The normalized spacial score (nSPS) is 12.5. The zero-order valence-corrected chi connectivity index (χ0v) is 8.52. The first-order chi connectivity index (χ1) is 6.61. The topological polar surface area (TPSA) is 71.3 Å². The SMILES string of the molecule is CC(NCc1ncon1)C(=O)N(C)C. The van der Waals surface area contributed by atoms with Crippen molar-refractivity contribution in [1.29, 1.82) is 0 Å². The van der Waals surface area contributed by atoms with E-state index in [1.807, 2.05) is 0 Å². The number of likely N-dealkylation sites (N-methyl/N-ethyl adjacent to an activating group) is 1. The molecule has 0 aliphatic heterocycles. The van der Waals surface area contributed by atoms with E-state index in [-0.39, 0.29) is 11.9 Å². The third-order valence-corrected chi connectivity index (χ3v) is 1.78. The Morgan fingerprint density at radius 2 is 2.43 bits per heavy atom. The molecule has 0 aliphatic rings. The lowest BCUT2D eigenvalue weighted by Gasteiger charge is -2.16. The minimum Gasteiger partial charge on any atom is -0.347 e. The maximum Gasteiger partial charge on any atom is 0.238 e. The van der Waals surface area contributed by atoms with Gasteiger partial charge in [-0.05, 0) is 6.92 Å². The first-order valence-electron chi connectivity index (χ1n) is 4.31. The molecule has 0 spiro atoms. The minimum atomic E-state index is -0.247. The van der Waals surface area contributed by atoms with Gasteiger partial charge in [-0.3, -0.25) is 10.1 Å². The number of hydrogen-bond donors (Lipinski definition) is 1. The van der Waals surface area contributed by atoms with Crippen molar-refractivity contribution >= 4 is 5.91 Å². The Labute approximate surface area is 82.3 Å². The van der Waals surface area contributed by atoms with Gasteiger partial charge < -0.3 is 9.42 Å². The van der Waals surface area contributed by atoms with Gasteiger partial charge in [0.1, 0.15) is 0 Å². The van der Waals surface area contributed by atoms with Gasteiger partial charge in [0.15, 0.2) is 5.82 Å². The van der Waals surface area contributed by atoms with Crippen LogP contribution in [0, 0.1) is 0 Å². The van der Waals surface area contributed by atoms with Crippen LogP contribution in [0.4, 0.5) is 0 Å². The van der Waals surface area contributed by atoms with Gasteiger partial charge in [0.2, 0.25) is 12.3 Å². The predicted octanol–water partition coefficient (Wildman–Crippen LogP) is -0.364. The smallest absolute Gasteiger partial charge is 0.238 e. The van der Waals surface area contributed by atoms with Crippen LogP contribution in [0.2, 0.25) is 0 Å². The lowest BCUT2D eigenvalue weighted by Crippen LogP contribution is -2.41. The third-order valence-electron chi connectivity index (χ3n) is 1.78. The molecular formula is C8H14N4O2. The van der Waals surface area contributed by atoms with E-state index in [1.165, 1.54) is 11.3 Å². The molecule has 1 aromatic rings. The van der Waals surface area contributed by atoms with Crippen LogP contribution in [-0.4, -0.2) is 41.1 Å². The number of aromatic nitrogens is 2. The molecule has 0 saturated heterocycles. The Kier molecular flexibility index (Phi) is 3.58. The Hall–Kier alpha value is -1.43. The maximum atomic E-state index is 11.4. The van der Waals surface area contributed by atoms with E-state index >= 15 is 0 Å². The summed E-state index contributed by atoms with van der Waals surface area (Å²) in [7, 11) is 3.43. The fourth-order valence-electron chi connectivity index (χ4n) is 0.989. The molecule has 78 valence electrons. The van der Waals surface area contributed by atoms with Gasteiger partial charge in [-0.25, -0.2) is 0 Å². The molecule has 6 nitrogen and oxygen atoms in total. The zero-order chi connectivity index (χ0) is 10.6. The second-order valence-electron chi connectivity index (χ2n) is 3.18. The molecule has 1 amide bonds. The molecule has 1 rings (SSSR count). The van der Waals surface area contributed by atoms with Gasteiger partial charge in [0, 0.05) is 14.1 Å². The Balaban J connectivity index is 2.35. The first kappa shape index (κ1) is 10.6. The second kappa shape index (κ2) is 4.71. The molecule has 1 unspecified atom stereocenters. The summed E-state index contributed by atoms with van der Waals surface area (Å²) in [5.74, 6) is 0.567. The van der Waals surface area contributed by atoms with Gasteiger partial charge in [0.25, 0.3) is 0 Å². The van der Waals surface area contributed by atoms with Crippen LogP contribution in [0.5, 0.6) is 0 Å². The van der Waals surface area contributed by atoms with E-state index in [4.69, 9.17) is 0 Å². The Morgan fingerprint density at radius 3 is 2.93 bits per heavy atom. The average Bonchev–Trinajstić information content (AvgIpc) is 2.65. The van der Waals surface area contributed by atoms with Crippen LogP contribution in [0.1, 0.15) is 12.7 Å². The van der Waals surface area contributed by atoms with Crippen molar-refractivity contribution in [3.05, 3.63) is 12.2 Å². The molecule has 14 heavy (non-hydrogen) atoms. The predicted molar refractivity (Wildman–Crippen MR) is 49.3 cm³/mol. The van der Waals surface area contributed by atoms with Crippen LogP contribution >= 0.6 is 0 Å². The summed E-state index contributed by atoms with van der Waals surface area (Å²) in [4.78, 5) is 16.8. The Morgan fingerprint density at radius 1 is 1.71 bits per heavy atom. The molecule has 6 heteroatoms. The number of rotatable bonds is 4. The highest BCUT2D eigenvalue weighted by Gasteiger charge is 2.14. The Bertz CT molecular complexity index is 284. The number of carbonyl (C=O) groups excluding carboxylic acids is 1. The number of amides is 1. The van der Waals surface area contributed by atoms with Gasteiger partial charge >= 0.3 is 0 Å². The van der Waals surface area contributed by atoms with Crippen LogP contribution in [0.25, 0.3) is 0 Å². The first-order valence-corrected chi connectivity index (χ1v) is 4.31. The van der Waals surface area contributed by atoms with E-state index in [0.29, 0.717) is 12.4 Å². The van der Waals surface area contributed by atoms with Crippen LogP contribution in [0.15, 0.2) is 10.9 Å². The molecule has 0 saturated carbocycles. The summed E-state index contributed by atoms with van der Waals surface area (Å²) in [6.45, 7) is 2.22. The van der Waals surface area contributed by atoms with Crippen LogP contribution < -0.4 is 5.32 Å². The number of nitrogens with zero attached hydrogens (tertiary/aromatic N) is 3. The molecule has 0 bridgehead atoms. The van der Waals surface area contributed by atoms with Crippen molar-refractivity contribution in [2.45, 2.75) is 19.5 Å². The molecule has 0 aromatic carbocycles. The molecule has 1 heterocycles. The monoisotopic (exact) mass is 198 g/mol. The fourth-order valence-corrected chi connectivity index (χ4v) is 0.989. The summed E-state index contributed by atoms with van der Waals surface area (Å²) in [5.41, 5.74) is 0. The molecule has 1 atom stereocenters. The van der Waals surface area contributed by atoms with Crippen molar-refractivity contribution < 1.29 is 9.32 Å². The van der Waals surface area contributed by atoms with E-state index < -0.39 is 0 Å². The van der Waals surface area contributed by atoms with Gasteiger partial charge in [-0.1, -0.05) is 5.16 Å².